The van der Waals surface area contributed by atoms with Gasteiger partial charge in [0.05, 0.1) is 7.11 Å². The van der Waals surface area contributed by atoms with Crippen molar-refractivity contribution < 1.29 is 18.3 Å². The Labute approximate surface area is 75.4 Å². The second-order valence-corrected chi connectivity index (χ2v) is 3.19. The number of hydrogen-bond donors (Lipinski definition) is 1. The average Bonchev–Trinajstić information content (AvgIpc) is 2.54. The van der Waals surface area contributed by atoms with Crippen molar-refractivity contribution in [1.82, 2.24) is 5.32 Å². The molecule has 1 aliphatic heterocycles. The number of rotatable bonds is 3. The summed E-state index contributed by atoms with van der Waals surface area (Å²) in [6.45, 7) is 0.752. The van der Waals surface area contributed by atoms with Gasteiger partial charge in [0.15, 0.2) is 0 Å². The summed E-state index contributed by atoms with van der Waals surface area (Å²) in [6, 6.07) is -0.255. The van der Waals surface area contributed by atoms with Crippen LogP contribution in [0.5, 0.6) is 0 Å². The van der Waals surface area contributed by atoms with E-state index < -0.39 is 18.3 Å². The number of esters is 1. The van der Waals surface area contributed by atoms with E-state index in [1.54, 1.807) is 0 Å². The van der Waals surface area contributed by atoms with Crippen molar-refractivity contribution in [1.29, 1.82) is 0 Å². The van der Waals surface area contributed by atoms with Crippen LogP contribution in [0.4, 0.5) is 8.78 Å². The zero-order valence-corrected chi connectivity index (χ0v) is 7.48. The first-order valence-electron chi connectivity index (χ1n) is 4.26. The highest BCUT2D eigenvalue weighted by molar-refractivity contribution is 5.77. The molecule has 1 rings (SSSR count). The minimum Gasteiger partial charge on any atom is -0.465 e. The molecule has 0 spiro atoms. The van der Waals surface area contributed by atoms with Gasteiger partial charge in [-0.1, -0.05) is 0 Å². The third-order valence-corrected chi connectivity index (χ3v) is 2.15. The molecule has 0 saturated carbocycles. The molecule has 0 aromatic rings. The minimum atomic E-state index is -3.35. The van der Waals surface area contributed by atoms with Crippen molar-refractivity contribution in [3.63, 3.8) is 0 Å². The van der Waals surface area contributed by atoms with E-state index in [1.807, 2.05) is 0 Å². The highest BCUT2D eigenvalue weighted by atomic mass is 19.3. The van der Waals surface area contributed by atoms with E-state index in [-0.39, 0.29) is 6.04 Å². The van der Waals surface area contributed by atoms with Crippen molar-refractivity contribution in [2.75, 3.05) is 13.7 Å². The Hall–Kier alpha value is -0.710. The Morgan fingerprint density at radius 1 is 1.69 bits per heavy atom. The van der Waals surface area contributed by atoms with E-state index in [4.69, 9.17) is 0 Å². The van der Waals surface area contributed by atoms with E-state index in [1.165, 1.54) is 0 Å². The monoisotopic (exact) mass is 193 g/mol. The van der Waals surface area contributed by atoms with Crippen LogP contribution in [0, 0.1) is 0 Å². The maximum absolute atomic E-state index is 13.0. The van der Waals surface area contributed by atoms with Crippen LogP contribution in [0.15, 0.2) is 0 Å². The zero-order chi connectivity index (χ0) is 9.90. The molecule has 1 saturated heterocycles. The van der Waals surface area contributed by atoms with Gasteiger partial charge in [-0.05, 0) is 19.4 Å². The van der Waals surface area contributed by atoms with Crippen molar-refractivity contribution in [3.8, 4) is 0 Å². The summed E-state index contributed by atoms with van der Waals surface area (Å²) in [5, 5.41) is 2.90. The average molecular weight is 193 g/mol. The molecule has 0 aromatic heterocycles. The van der Waals surface area contributed by atoms with Gasteiger partial charge >= 0.3 is 11.9 Å². The number of carbonyl (C=O) groups is 1. The summed E-state index contributed by atoms with van der Waals surface area (Å²) in [7, 11) is 0.971. The molecule has 5 heteroatoms. The predicted molar refractivity (Wildman–Crippen MR) is 42.6 cm³/mol. The lowest BCUT2D eigenvalue weighted by molar-refractivity contribution is -0.170. The molecule has 3 nitrogen and oxygen atoms in total. The fraction of sp³-hybridized carbons (Fsp3) is 0.875. The van der Waals surface area contributed by atoms with E-state index in [0.29, 0.717) is 6.42 Å². The molecular weight excluding hydrogens is 180 g/mol. The molecule has 1 unspecified atom stereocenters. The maximum Gasteiger partial charge on any atom is 0.376 e. The Kier molecular flexibility index (Phi) is 3.19. The van der Waals surface area contributed by atoms with Gasteiger partial charge < -0.3 is 10.1 Å². The number of hydrogen-bond acceptors (Lipinski definition) is 3. The lowest BCUT2D eigenvalue weighted by Crippen LogP contribution is -2.37. The van der Waals surface area contributed by atoms with Gasteiger partial charge in [-0.3, -0.25) is 0 Å². The van der Waals surface area contributed by atoms with Crippen LogP contribution < -0.4 is 5.32 Å². The van der Waals surface area contributed by atoms with Crippen molar-refractivity contribution in [2.45, 2.75) is 31.2 Å². The normalized spacial score (nSPS) is 23.2. The van der Waals surface area contributed by atoms with Crippen LogP contribution in [0.1, 0.15) is 19.3 Å². The van der Waals surface area contributed by atoms with Crippen molar-refractivity contribution >= 4 is 5.97 Å². The van der Waals surface area contributed by atoms with Gasteiger partial charge in [-0.25, -0.2) is 4.79 Å². The molecule has 1 heterocycles. The largest absolute Gasteiger partial charge is 0.465 e. The number of carbonyl (C=O) groups excluding carboxylic acids is 1. The van der Waals surface area contributed by atoms with Crippen LogP contribution in [0.2, 0.25) is 0 Å². The Morgan fingerprint density at radius 2 is 2.38 bits per heavy atom. The molecule has 0 aromatic carbocycles. The van der Waals surface area contributed by atoms with Gasteiger partial charge in [0.25, 0.3) is 0 Å². The van der Waals surface area contributed by atoms with Crippen LogP contribution in [0.3, 0.4) is 0 Å². The summed E-state index contributed by atoms with van der Waals surface area (Å²) in [5.41, 5.74) is 0. The van der Waals surface area contributed by atoms with Gasteiger partial charge in [0.2, 0.25) is 0 Å². The summed E-state index contributed by atoms with van der Waals surface area (Å²) in [5.74, 6) is -4.79. The first kappa shape index (κ1) is 10.4. The van der Waals surface area contributed by atoms with E-state index in [0.717, 1.165) is 20.1 Å². The van der Waals surface area contributed by atoms with Crippen LogP contribution in [-0.4, -0.2) is 31.6 Å². The zero-order valence-electron chi connectivity index (χ0n) is 7.48. The fourth-order valence-corrected chi connectivity index (χ4v) is 1.47. The topological polar surface area (TPSA) is 38.3 Å². The molecule has 1 atom stereocenters. The third kappa shape index (κ3) is 2.62. The summed E-state index contributed by atoms with van der Waals surface area (Å²) in [4.78, 5) is 10.6. The molecule has 0 bridgehead atoms. The number of nitrogens with one attached hydrogen (secondary N) is 1. The van der Waals surface area contributed by atoms with Crippen LogP contribution in [-0.2, 0) is 9.53 Å². The number of methoxy groups -OCH3 is 1. The smallest absolute Gasteiger partial charge is 0.376 e. The molecule has 0 amide bonds. The molecule has 0 aliphatic carbocycles. The lowest BCUT2D eigenvalue weighted by atomic mass is 10.1. The van der Waals surface area contributed by atoms with Crippen molar-refractivity contribution in [3.05, 3.63) is 0 Å². The summed E-state index contributed by atoms with van der Waals surface area (Å²) in [6.07, 6.45) is 1.13. The van der Waals surface area contributed by atoms with Gasteiger partial charge in [0, 0.05) is 12.5 Å². The van der Waals surface area contributed by atoms with Crippen LogP contribution in [0.25, 0.3) is 0 Å². The van der Waals surface area contributed by atoms with E-state index in [9.17, 15) is 13.6 Å². The number of ether oxygens (including phenoxy) is 1. The van der Waals surface area contributed by atoms with E-state index in [2.05, 4.69) is 10.1 Å². The Bertz CT molecular complexity index is 191. The summed E-state index contributed by atoms with van der Waals surface area (Å²) < 4.78 is 29.9. The Balaban J connectivity index is 2.44. The molecule has 0 radical (unpaired) electrons. The van der Waals surface area contributed by atoms with Gasteiger partial charge in [-0.2, -0.15) is 8.78 Å². The van der Waals surface area contributed by atoms with Gasteiger partial charge in [-0.15, -0.1) is 0 Å². The molecule has 1 fully saturated rings. The number of halogens is 2. The highest BCUT2D eigenvalue weighted by Gasteiger charge is 2.42. The second-order valence-electron chi connectivity index (χ2n) is 3.19. The highest BCUT2D eigenvalue weighted by Crippen LogP contribution is 2.25. The molecule has 13 heavy (non-hydrogen) atoms. The number of alkyl halides is 2. The summed E-state index contributed by atoms with van der Waals surface area (Å²) >= 11 is 0. The molecular formula is C8H13F2NO2. The minimum absolute atomic E-state index is 0.255. The first-order chi connectivity index (χ1) is 6.06. The van der Waals surface area contributed by atoms with Crippen molar-refractivity contribution in [2.24, 2.45) is 0 Å². The van der Waals surface area contributed by atoms with E-state index >= 15 is 0 Å². The molecule has 1 aliphatic rings. The molecule has 76 valence electrons. The van der Waals surface area contributed by atoms with Crippen LogP contribution >= 0.6 is 0 Å². The SMILES string of the molecule is COC(=O)C(F)(F)CC1CCCN1. The second kappa shape index (κ2) is 4.00. The third-order valence-electron chi connectivity index (χ3n) is 2.15. The maximum atomic E-state index is 13.0. The Morgan fingerprint density at radius 3 is 2.85 bits per heavy atom. The molecule has 1 N–H and O–H groups in total. The van der Waals surface area contributed by atoms with Gasteiger partial charge in [0.1, 0.15) is 0 Å². The quantitative estimate of drug-likeness (QED) is 0.678. The lowest BCUT2D eigenvalue weighted by Gasteiger charge is -2.17. The predicted octanol–water partition coefficient (Wildman–Crippen LogP) is 0.937. The standard InChI is InChI=1S/C8H13F2NO2/c1-13-7(12)8(9,10)5-6-3-2-4-11-6/h6,11H,2-5H2,1H3. The fourth-order valence-electron chi connectivity index (χ4n) is 1.47. The first-order valence-corrected chi connectivity index (χ1v) is 4.26.